The number of nitrogens with one attached hydrogen (secondary N) is 1. The Labute approximate surface area is 208 Å². The van der Waals surface area contributed by atoms with Crippen molar-refractivity contribution in [2.45, 2.75) is 65.1 Å². The van der Waals surface area contributed by atoms with Crippen LogP contribution in [-0.4, -0.2) is 45.5 Å². The Morgan fingerprint density at radius 2 is 1.83 bits per heavy atom. The Morgan fingerprint density at radius 1 is 1.14 bits per heavy atom. The van der Waals surface area contributed by atoms with Gasteiger partial charge in [-0.3, -0.25) is 0 Å². The summed E-state index contributed by atoms with van der Waals surface area (Å²) in [5, 5.41) is 8.04. The summed E-state index contributed by atoms with van der Waals surface area (Å²) < 4.78 is 14.2. The molecular formula is C28H36N4O3. The summed E-state index contributed by atoms with van der Waals surface area (Å²) in [5.41, 5.74) is 2.36. The largest absolute Gasteiger partial charge is 0.439 e. The van der Waals surface area contributed by atoms with Gasteiger partial charge in [-0.05, 0) is 64.3 Å². The third kappa shape index (κ3) is 6.42. The Bertz CT molecular complexity index is 1100. The first-order valence-corrected chi connectivity index (χ1v) is 12.4. The normalized spacial score (nSPS) is 15.7. The zero-order valence-electron chi connectivity index (χ0n) is 21.2. The lowest BCUT2D eigenvalue weighted by atomic mass is 10.1. The van der Waals surface area contributed by atoms with Crippen LogP contribution in [0.3, 0.4) is 0 Å². The molecule has 1 atom stereocenters. The quantitative estimate of drug-likeness (QED) is 0.452. The molecule has 7 heteroatoms. The monoisotopic (exact) mass is 476 g/mol. The number of benzene rings is 2. The van der Waals surface area contributed by atoms with Crippen molar-refractivity contribution in [3.8, 4) is 17.3 Å². The molecule has 0 spiro atoms. The number of aromatic nitrogens is 2. The van der Waals surface area contributed by atoms with Gasteiger partial charge in [0.1, 0.15) is 5.75 Å². The van der Waals surface area contributed by atoms with Crippen LogP contribution in [0, 0.1) is 0 Å². The van der Waals surface area contributed by atoms with Crippen LogP contribution < -0.4 is 10.1 Å². The Kier molecular flexibility index (Phi) is 7.76. The summed E-state index contributed by atoms with van der Waals surface area (Å²) in [6.07, 6.45) is 2.73. The standard InChI is InChI=1S/C28H36N4O3/c1-5-25-24(20-31(19-23-17-12-18-34-23)27(33)29-28(2,3)4)26(35-22-15-10-7-11-16-22)32(30-25)21-13-8-6-9-14-21/h6-11,13-16,23H,5,12,17-20H2,1-4H3,(H,29,33)/t23-/m0/s1. The second kappa shape index (κ2) is 11.0. The van der Waals surface area contributed by atoms with Crippen LogP contribution in [0.5, 0.6) is 11.6 Å². The number of rotatable bonds is 8. The van der Waals surface area contributed by atoms with E-state index < -0.39 is 0 Å². The molecule has 1 N–H and O–H groups in total. The van der Waals surface area contributed by atoms with Gasteiger partial charge >= 0.3 is 6.03 Å². The Morgan fingerprint density at radius 3 is 2.43 bits per heavy atom. The molecule has 186 valence electrons. The number of para-hydroxylation sites is 2. The highest BCUT2D eigenvalue weighted by Crippen LogP contribution is 2.32. The van der Waals surface area contributed by atoms with E-state index in [-0.39, 0.29) is 17.7 Å². The molecule has 2 aromatic carbocycles. The lowest BCUT2D eigenvalue weighted by molar-refractivity contribution is 0.0779. The van der Waals surface area contributed by atoms with E-state index in [1.807, 2.05) is 91.0 Å². The van der Waals surface area contributed by atoms with E-state index in [0.29, 0.717) is 19.0 Å². The molecule has 0 unspecified atom stereocenters. The molecule has 1 aromatic heterocycles. The van der Waals surface area contributed by atoms with Crippen LogP contribution in [0.15, 0.2) is 60.7 Å². The second-order valence-corrected chi connectivity index (χ2v) is 9.94. The van der Waals surface area contributed by atoms with Gasteiger partial charge < -0.3 is 19.7 Å². The third-order valence-electron chi connectivity index (χ3n) is 5.88. The number of aryl methyl sites for hydroxylation is 1. The highest BCUT2D eigenvalue weighted by atomic mass is 16.5. The van der Waals surface area contributed by atoms with Crippen molar-refractivity contribution in [1.82, 2.24) is 20.0 Å². The molecule has 2 heterocycles. The van der Waals surface area contributed by atoms with Gasteiger partial charge in [0.2, 0.25) is 5.88 Å². The Hall–Kier alpha value is -3.32. The van der Waals surface area contributed by atoms with E-state index in [4.69, 9.17) is 14.6 Å². The van der Waals surface area contributed by atoms with Crippen LogP contribution in [0.1, 0.15) is 51.8 Å². The molecule has 35 heavy (non-hydrogen) atoms. The van der Waals surface area contributed by atoms with Crippen LogP contribution in [-0.2, 0) is 17.7 Å². The van der Waals surface area contributed by atoms with Gasteiger partial charge in [0.25, 0.3) is 0 Å². The van der Waals surface area contributed by atoms with E-state index >= 15 is 0 Å². The number of nitrogens with zero attached hydrogens (tertiary/aromatic N) is 3. The van der Waals surface area contributed by atoms with Crippen LogP contribution in [0.4, 0.5) is 4.79 Å². The minimum atomic E-state index is -0.350. The van der Waals surface area contributed by atoms with Crippen molar-refractivity contribution in [1.29, 1.82) is 0 Å². The van der Waals surface area contributed by atoms with Crippen molar-refractivity contribution >= 4 is 6.03 Å². The lowest BCUT2D eigenvalue weighted by Gasteiger charge is -2.30. The fraction of sp³-hybridized carbons (Fsp3) is 0.429. The summed E-state index contributed by atoms with van der Waals surface area (Å²) in [4.78, 5) is 15.2. The highest BCUT2D eigenvalue weighted by molar-refractivity contribution is 5.75. The fourth-order valence-corrected chi connectivity index (χ4v) is 4.21. The summed E-state index contributed by atoms with van der Waals surface area (Å²) >= 11 is 0. The van der Waals surface area contributed by atoms with Gasteiger partial charge in [-0.15, -0.1) is 0 Å². The van der Waals surface area contributed by atoms with E-state index in [1.54, 1.807) is 0 Å². The fourth-order valence-electron chi connectivity index (χ4n) is 4.21. The zero-order valence-corrected chi connectivity index (χ0v) is 21.2. The van der Waals surface area contributed by atoms with E-state index in [1.165, 1.54) is 0 Å². The van der Waals surface area contributed by atoms with Gasteiger partial charge in [0.05, 0.1) is 29.6 Å². The lowest BCUT2D eigenvalue weighted by Crippen LogP contribution is -2.50. The van der Waals surface area contributed by atoms with E-state index in [9.17, 15) is 4.79 Å². The maximum absolute atomic E-state index is 13.4. The molecule has 2 amide bonds. The number of carbonyl (C=O) groups is 1. The van der Waals surface area contributed by atoms with Crippen molar-refractivity contribution in [3.05, 3.63) is 71.9 Å². The summed E-state index contributed by atoms with van der Waals surface area (Å²) in [6.45, 7) is 9.69. The predicted octanol–water partition coefficient (Wildman–Crippen LogP) is 5.72. The minimum absolute atomic E-state index is 0.0356. The first kappa shape index (κ1) is 24.8. The smallest absolute Gasteiger partial charge is 0.318 e. The number of hydrogen-bond acceptors (Lipinski definition) is 4. The summed E-state index contributed by atoms with van der Waals surface area (Å²) in [5.74, 6) is 1.35. The van der Waals surface area contributed by atoms with Gasteiger partial charge in [-0.25, -0.2) is 9.48 Å². The van der Waals surface area contributed by atoms with Crippen molar-refractivity contribution in [2.24, 2.45) is 0 Å². The van der Waals surface area contributed by atoms with Crippen molar-refractivity contribution in [3.63, 3.8) is 0 Å². The van der Waals surface area contributed by atoms with Crippen LogP contribution in [0.2, 0.25) is 0 Å². The molecule has 1 aliphatic heterocycles. The van der Waals surface area contributed by atoms with Gasteiger partial charge in [0.15, 0.2) is 0 Å². The van der Waals surface area contributed by atoms with E-state index in [0.717, 1.165) is 48.6 Å². The molecule has 7 nitrogen and oxygen atoms in total. The average Bonchev–Trinajstić information content (AvgIpc) is 3.47. The SMILES string of the molecule is CCc1nn(-c2ccccc2)c(Oc2ccccc2)c1CN(C[C@@H]1CCCO1)C(=O)NC(C)(C)C. The van der Waals surface area contributed by atoms with Crippen LogP contribution >= 0.6 is 0 Å². The van der Waals surface area contributed by atoms with Gasteiger partial charge in [-0.1, -0.05) is 43.3 Å². The summed E-state index contributed by atoms with van der Waals surface area (Å²) in [7, 11) is 0. The van der Waals surface area contributed by atoms with Crippen molar-refractivity contribution < 1.29 is 14.3 Å². The average molecular weight is 477 g/mol. The molecule has 1 fully saturated rings. The van der Waals surface area contributed by atoms with Crippen LogP contribution in [0.25, 0.3) is 5.69 Å². The number of urea groups is 1. The summed E-state index contributed by atoms with van der Waals surface area (Å²) in [6, 6.07) is 19.5. The first-order valence-electron chi connectivity index (χ1n) is 12.4. The third-order valence-corrected chi connectivity index (χ3v) is 5.88. The first-order chi connectivity index (χ1) is 16.8. The van der Waals surface area contributed by atoms with E-state index in [2.05, 4.69) is 12.2 Å². The molecule has 1 saturated heterocycles. The molecule has 1 aliphatic rings. The Balaban J connectivity index is 1.74. The van der Waals surface area contributed by atoms with Gasteiger partial charge in [0, 0.05) is 18.7 Å². The molecule has 0 aliphatic carbocycles. The predicted molar refractivity (Wildman–Crippen MR) is 137 cm³/mol. The number of ether oxygens (including phenoxy) is 2. The molecule has 0 saturated carbocycles. The zero-order chi connectivity index (χ0) is 24.8. The maximum Gasteiger partial charge on any atom is 0.318 e. The molecule has 0 radical (unpaired) electrons. The van der Waals surface area contributed by atoms with Gasteiger partial charge in [-0.2, -0.15) is 5.10 Å². The number of carbonyl (C=O) groups excluding carboxylic acids is 1. The molecular weight excluding hydrogens is 440 g/mol. The molecule has 3 aromatic rings. The second-order valence-electron chi connectivity index (χ2n) is 9.94. The number of hydrogen-bond donors (Lipinski definition) is 1. The maximum atomic E-state index is 13.4. The molecule has 4 rings (SSSR count). The topological polar surface area (TPSA) is 68.6 Å². The minimum Gasteiger partial charge on any atom is -0.439 e. The molecule has 0 bridgehead atoms. The van der Waals surface area contributed by atoms with Crippen molar-refractivity contribution in [2.75, 3.05) is 13.2 Å². The number of amides is 2. The highest BCUT2D eigenvalue weighted by Gasteiger charge is 2.29.